The summed E-state index contributed by atoms with van der Waals surface area (Å²) in [4.78, 5) is 23.9. The topological polar surface area (TPSA) is 85.9 Å². The van der Waals surface area contributed by atoms with Crippen LogP contribution in [0.15, 0.2) is 48.5 Å². The van der Waals surface area contributed by atoms with Crippen molar-refractivity contribution in [1.29, 1.82) is 0 Å². The summed E-state index contributed by atoms with van der Waals surface area (Å²) in [5.74, 6) is 1.24. The zero-order valence-corrected chi connectivity index (χ0v) is 16.6. The molecular formula is C21H26N2O5. The Bertz CT molecular complexity index is 780. The number of hydrogen-bond acceptors (Lipinski definition) is 5. The number of nitrogens with one attached hydrogen (secondary N) is 2. The third-order valence-electron chi connectivity index (χ3n) is 3.51. The molecule has 0 aliphatic heterocycles. The lowest BCUT2D eigenvalue weighted by Crippen LogP contribution is -2.28. The third kappa shape index (κ3) is 7.19. The van der Waals surface area contributed by atoms with E-state index in [2.05, 4.69) is 10.6 Å². The first-order chi connectivity index (χ1) is 13.3. The Morgan fingerprint density at radius 3 is 2.11 bits per heavy atom. The van der Waals surface area contributed by atoms with Gasteiger partial charge in [-0.3, -0.25) is 10.1 Å². The highest BCUT2D eigenvalue weighted by atomic mass is 16.6. The van der Waals surface area contributed by atoms with E-state index < -0.39 is 11.7 Å². The zero-order valence-electron chi connectivity index (χ0n) is 16.6. The summed E-state index contributed by atoms with van der Waals surface area (Å²) in [6.07, 6.45) is -0.541. The van der Waals surface area contributed by atoms with E-state index in [-0.39, 0.29) is 5.91 Å². The van der Waals surface area contributed by atoms with Crippen molar-refractivity contribution in [2.45, 2.75) is 26.4 Å². The van der Waals surface area contributed by atoms with Crippen LogP contribution in [-0.2, 0) is 4.74 Å². The van der Waals surface area contributed by atoms with Crippen molar-refractivity contribution in [3.8, 4) is 11.5 Å². The minimum atomic E-state index is -0.572. The summed E-state index contributed by atoms with van der Waals surface area (Å²) in [5.41, 5.74) is 0.463. The molecule has 0 heterocycles. The van der Waals surface area contributed by atoms with Gasteiger partial charge in [0.05, 0.1) is 13.7 Å². The Balaban J connectivity index is 1.75. The highest BCUT2D eigenvalue weighted by Gasteiger charge is 2.16. The summed E-state index contributed by atoms with van der Waals surface area (Å²) in [5, 5.41) is 5.40. The second-order valence-electron chi connectivity index (χ2n) is 6.98. The second kappa shape index (κ2) is 9.64. The number of benzene rings is 2. The molecule has 28 heavy (non-hydrogen) atoms. The molecule has 2 amide bonds. The van der Waals surface area contributed by atoms with Crippen molar-refractivity contribution in [2.75, 3.05) is 25.6 Å². The molecule has 7 nitrogen and oxygen atoms in total. The molecule has 2 N–H and O–H groups in total. The Morgan fingerprint density at radius 2 is 1.54 bits per heavy atom. The number of amides is 2. The van der Waals surface area contributed by atoms with Crippen LogP contribution < -0.4 is 20.1 Å². The average Bonchev–Trinajstić information content (AvgIpc) is 2.64. The van der Waals surface area contributed by atoms with Gasteiger partial charge in [-0.15, -0.1) is 0 Å². The quantitative estimate of drug-likeness (QED) is 0.706. The molecule has 2 aromatic rings. The largest absolute Gasteiger partial charge is 0.497 e. The number of carbonyl (C=O) groups excluding carboxylic acids is 2. The molecule has 0 atom stereocenters. The summed E-state index contributed by atoms with van der Waals surface area (Å²) >= 11 is 0. The molecule has 2 rings (SSSR count). The van der Waals surface area contributed by atoms with Gasteiger partial charge in [0.15, 0.2) is 0 Å². The highest BCUT2D eigenvalue weighted by Crippen LogP contribution is 2.17. The summed E-state index contributed by atoms with van der Waals surface area (Å²) in [7, 11) is 1.60. The number of anilines is 1. The minimum absolute atomic E-state index is 0.220. The van der Waals surface area contributed by atoms with Gasteiger partial charge in [-0.05, 0) is 69.3 Å². The number of hydrogen-bond donors (Lipinski definition) is 2. The minimum Gasteiger partial charge on any atom is -0.497 e. The average molecular weight is 386 g/mol. The standard InChI is InChI=1S/C21H26N2O5/c1-21(2,3)28-20(25)23-16-7-5-15(6-8-16)19(24)22-13-14-27-18-11-9-17(26-4)10-12-18/h5-12H,13-14H2,1-4H3,(H,22,24)(H,23,25). The predicted octanol–water partition coefficient (Wildman–Crippen LogP) is 3.85. The monoisotopic (exact) mass is 386 g/mol. The first-order valence-electron chi connectivity index (χ1n) is 8.92. The van der Waals surface area contributed by atoms with E-state index in [1.807, 2.05) is 0 Å². The maximum atomic E-state index is 12.2. The zero-order chi connectivity index (χ0) is 20.6. The molecule has 0 spiro atoms. The fourth-order valence-electron chi connectivity index (χ4n) is 2.23. The third-order valence-corrected chi connectivity index (χ3v) is 3.51. The Morgan fingerprint density at radius 1 is 0.929 bits per heavy atom. The van der Waals surface area contributed by atoms with Gasteiger partial charge in [0.1, 0.15) is 23.7 Å². The summed E-state index contributed by atoms with van der Waals surface area (Å²) < 4.78 is 15.8. The van der Waals surface area contributed by atoms with Crippen LogP contribution in [0.2, 0.25) is 0 Å². The SMILES string of the molecule is COc1ccc(OCCNC(=O)c2ccc(NC(=O)OC(C)(C)C)cc2)cc1. The molecule has 0 radical (unpaired) electrons. The predicted molar refractivity (Wildman–Crippen MR) is 107 cm³/mol. The van der Waals surface area contributed by atoms with Gasteiger partial charge in [-0.2, -0.15) is 0 Å². The smallest absolute Gasteiger partial charge is 0.412 e. The molecule has 0 unspecified atom stereocenters. The fourth-order valence-corrected chi connectivity index (χ4v) is 2.23. The second-order valence-corrected chi connectivity index (χ2v) is 6.98. The molecule has 0 saturated carbocycles. The molecule has 150 valence electrons. The van der Waals surface area contributed by atoms with Gasteiger partial charge >= 0.3 is 6.09 Å². The molecule has 0 aliphatic carbocycles. The van der Waals surface area contributed by atoms with E-state index >= 15 is 0 Å². The number of ether oxygens (including phenoxy) is 3. The van der Waals surface area contributed by atoms with Crippen LogP contribution in [0.5, 0.6) is 11.5 Å². The van der Waals surface area contributed by atoms with Crippen molar-refractivity contribution in [3.05, 3.63) is 54.1 Å². The van der Waals surface area contributed by atoms with Crippen LogP contribution in [0.1, 0.15) is 31.1 Å². The van der Waals surface area contributed by atoms with Crippen LogP contribution in [-0.4, -0.2) is 37.9 Å². The summed E-state index contributed by atoms with van der Waals surface area (Å²) in [6, 6.07) is 13.8. The van der Waals surface area contributed by atoms with E-state index in [0.717, 1.165) is 5.75 Å². The van der Waals surface area contributed by atoms with Crippen molar-refractivity contribution in [1.82, 2.24) is 5.32 Å². The van der Waals surface area contributed by atoms with Gasteiger partial charge in [0, 0.05) is 11.3 Å². The van der Waals surface area contributed by atoms with Crippen LogP contribution >= 0.6 is 0 Å². The maximum absolute atomic E-state index is 12.2. The van der Waals surface area contributed by atoms with Gasteiger partial charge < -0.3 is 19.5 Å². The van der Waals surface area contributed by atoms with Crippen LogP contribution in [0.25, 0.3) is 0 Å². The van der Waals surface area contributed by atoms with Gasteiger partial charge in [-0.1, -0.05) is 0 Å². The first kappa shape index (κ1) is 21.1. The van der Waals surface area contributed by atoms with Gasteiger partial charge in [-0.25, -0.2) is 4.79 Å². The molecule has 0 saturated heterocycles. The molecule has 0 fully saturated rings. The van der Waals surface area contributed by atoms with Gasteiger partial charge in [0.25, 0.3) is 5.91 Å². The molecule has 0 aliphatic rings. The van der Waals surface area contributed by atoms with Crippen LogP contribution in [0.4, 0.5) is 10.5 Å². The Hall–Kier alpha value is -3.22. The fraction of sp³-hybridized carbons (Fsp3) is 0.333. The lowest BCUT2D eigenvalue weighted by molar-refractivity contribution is 0.0635. The maximum Gasteiger partial charge on any atom is 0.412 e. The summed E-state index contributed by atoms with van der Waals surface area (Å²) in [6.45, 7) is 6.08. The van der Waals surface area contributed by atoms with E-state index in [4.69, 9.17) is 14.2 Å². The Kier molecular flexibility index (Phi) is 7.26. The lowest BCUT2D eigenvalue weighted by atomic mass is 10.2. The number of carbonyl (C=O) groups is 2. The molecule has 0 aromatic heterocycles. The Labute approximate surface area is 165 Å². The highest BCUT2D eigenvalue weighted by molar-refractivity contribution is 5.95. The molecular weight excluding hydrogens is 360 g/mol. The molecule has 2 aromatic carbocycles. The number of methoxy groups -OCH3 is 1. The lowest BCUT2D eigenvalue weighted by Gasteiger charge is -2.19. The van der Waals surface area contributed by atoms with Gasteiger partial charge in [0.2, 0.25) is 0 Å². The van der Waals surface area contributed by atoms with E-state index in [9.17, 15) is 9.59 Å². The van der Waals surface area contributed by atoms with E-state index in [1.165, 1.54) is 0 Å². The molecule has 0 bridgehead atoms. The van der Waals surface area contributed by atoms with Crippen molar-refractivity contribution in [2.24, 2.45) is 0 Å². The van der Waals surface area contributed by atoms with Crippen molar-refractivity contribution in [3.63, 3.8) is 0 Å². The number of rotatable bonds is 7. The van der Waals surface area contributed by atoms with Crippen molar-refractivity contribution < 1.29 is 23.8 Å². The van der Waals surface area contributed by atoms with E-state index in [0.29, 0.717) is 30.2 Å². The van der Waals surface area contributed by atoms with Crippen LogP contribution in [0.3, 0.4) is 0 Å². The molecule has 7 heteroatoms. The van der Waals surface area contributed by atoms with E-state index in [1.54, 1.807) is 76.4 Å². The van der Waals surface area contributed by atoms with Crippen LogP contribution in [0, 0.1) is 0 Å². The normalized spacial score (nSPS) is 10.7. The first-order valence-corrected chi connectivity index (χ1v) is 8.92. The van der Waals surface area contributed by atoms with Crippen molar-refractivity contribution >= 4 is 17.7 Å².